The highest BCUT2D eigenvalue weighted by Gasteiger charge is 2.19. The van der Waals surface area contributed by atoms with Gasteiger partial charge in [-0.15, -0.1) is 0 Å². The molecule has 2 heterocycles. The van der Waals surface area contributed by atoms with Gasteiger partial charge in [-0.25, -0.2) is 9.37 Å². The number of carbonyl (C=O) groups is 1. The first-order chi connectivity index (χ1) is 18.4. The van der Waals surface area contributed by atoms with Crippen LogP contribution in [0.5, 0.6) is 17.2 Å². The molecule has 0 spiro atoms. The minimum atomic E-state index is -0.496. The van der Waals surface area contributed by atoms with E-state index in [0.717, 1.165) is 11.3 Å². The monoisotopic (exact) mass is 535 g/mol. The average molecular weight is 536 g/mol. The maximum absolute atomic E-state index is 14.7. The predicted molar refractivity (Wildman–Crippen MR) is 142 cm³/mol. The second kappa shape index (κ2) is 10.4. The van der Waals surface area contributed by atoms with Gasteiger partial charge in [0.05, 0.1) is 38.4 Å². The first kappa shape index (κ1) is 25.1. The van der Waals surface area contributed by atoms with Crippen LogP contribution in [-0.4, -0.2) is 47.0 Å². The van der Waals surface area contributed by atoms with E-state index in [1.54, 1.807) is 36.1 Å². The van der Waals surface area contributed by atoms with Gasteiger partial charge in [0.1, 0.15) is 28.5 Å². The van der Waals surface area contributed by atoms with Gasteiger partial charge in [-0.1, -0.05) is 23.7 Å². The van der Waals surface area contributed by atoms with E-state index in [1.165, 1.54) is 26.4 Å². The van der Waals surface area contributed by atoms with Gasteiger partial charge in [-0.3, -0.25) is 9.48 Å². The van der Waals surface area contributed by atoms with Crippen LogP contribution >= 0.6 is 11.6 Å². The lowest BCUT2D eigenvalue weighted by molar-refractivity contribution is 0.102. The third kappa shape index (κ3) is 4.98. The summed E-state index contributed by atoms with van der Waals surface area (Å²) in [5.74, 6) is 1.29. The second-order valence-corrected chi connectivity index (χ2v) is 8.72. The molecule has 0 atom stereocenters. The molecule has 0 bridgehead atoms. The fourth-order valence-corrected chi connectivity index (χ4v) is 4.23. The van der Waals surface area contributed by atoms with E-state index < -0.39 is 11.7 Å². The summed E-state index contributed by atoms with van der Waals surface area (Å²) in [6.07, 6.45) is 0. The molecule has 11 heteroatoms. The minimum Gasteiger partial charge on any atom is -0.497 e. The van der Waals surface area contributed by atoms with Crippen molar-refractivity contribution in [3.63, 3.8) is 0 Å². The molecule has 0 saturated carbocycles. The highest BCUT2D eigenvalue weighted by Crippen LogP contribution is 2.29. The summed E-state index contributed by atoms with van der Waals surface area (Å²) in [5.41, 5.74) is 2.43. The number of anilines is 1. The van der Waals surface area contributed by atoms with Crippen LogP contribution in [-0.2, 0) is 6.54 Å². The smallest absolute Gasteiger partial charge is 0.256 e. The molecule has 1 amide bonds. The Hall–Kier alpha value is -4.57. The van der Waals surface area contributed by atoms with Crippen LogP contribution in [0, 0.1) is 5.82 Å². The van der Waals surface area contributed by atoms with E-state index in [9.17, 15) is 9.18 Å². The number of carbonyl (C=O) groups excluding carboxylic acids is 1. The second-order valence-electron chi connectivity index (χ2n) is 8.31. The number of aromatic amines is 1. The van der Waals surface area contributed by atoms with Gasteiger partial charge in [0, 0.05) is 23.8 Å². The van der Waals surface area contributed by atoms with E-state index in [4.69, 9.17) is 25.8 Å². The van der Waals surface area contributed by atoms with E-state index in [0.29, 0.717) is 45.7 Å². The normalized spacial score (nSPS) is 11.0. The van der Waals surface area contributed by atoms with Crippen LogP contribution < -0.4 is 19.5 Å². The maximum Gasteiger partial charge on any atom is 0.256 e. The Kier molecular flexibility index (Phi) is 6.89. The third-order valence-electron chi connectivity index (χ3n) is 5.92. The molecular weight excluding hydrogens is 513 g/mol. The van der Waals surface area contributed by atoms with Crippen molar-refractivity contribution in [3.05, 3.63) is 82.6 Å². The summed E-state index contributed by atoms with van der Waals surface area (Å²) in [6.45, 7) is 0.354. The van der Waals surface area contributed by atoms with Crippen LogP contribution in [0.4, 0.5) is 10.2 Å². The summed E-state index contributed by atoms with van der Waals surface area (Å²) in [4.78, 5) is 20.5. The van der Waals surface area contributed by atoms with Crippen molar-refractivity contribution in [1.29, 1.82) is 0 Å². The molecular formula is C27H23ClFN5O4. The molecule has 194 valence electrons. The van der Waals surface area contributed by atoms with Crippen molar-refractivity contribution in [2.75, 3.05) is 26.6 Å². The molecule has 0 unspecified atom stereocenters. The Morgan fingerprint density at radius 1 is 1.00 bits per heavy atom. The Bertz CT molecular complexity index is 1630. The number of H-pyrrole nitrogens is 1. The van der Waals surface area contributed by atoms with Gasteiger partial charge in [-0.05, 0) is 35.9 Å². The van der Waals surface area contributed by atoms with Gasteiger partial charge in [0.15, 0.2) is 17.5 Å². The fourth-order valence-electron chi connectivity index (χ4n) is 3.97. The molecule has 0 fully saturated rings. The summed E-state index contributed by atoms with van der Waals surface area (Å²) >= 11 is 6.19. The number of hydrogen-bond acceptors (Lipinski definition) is 6. The average Bonchev–Trinajstić information content (AvgIpc) is 3.53. The Morgan fingerprint density at radius 2 is 1.76 bits per heavy atom. The molecule has 0 radical (unpaired) electrons. The number of benzene rings is 3. The molecule has 0 aliphatic carbocycles. The fraction of sp³-hybridized carbons (Fsp3) is 0.148. The lowest BCUT2D eigenvalue weighted by atomic mass is 10.2. The Morgan fingerprint density at radius 3 is 2.45 bits per heavy atom. The Labute approximate surface area is 222 Å². The number of aromatic nitrogens is 4. The number of halogens is 2. The van der Waals surface area contributed by atoms with Gasteiger partial charge in [-0.2, -0.15) is 5.10 Å². The zero-order valence-corrected chi connectivity index (χ0v) is 21.5. The number of ether oxygens (including phenoxy) is 3. The topological polar surface area (TPSA) is 103 Å². The molecule has 9 nitrogen and oxygen atoms in total. The van der Waals surface area contributed by atoms with Crippen LogP contribution in [0.15, 0.2) is 60.7 Å². The summed E-state index contributed by atoms with van der Waals surface area (Å²) in [5, 5.41) is 7.70. The van der Waals surface area contributed by atoms with Crippen LogP contribution in [0.3, 0.4) is 0 Å². The summed E-state index contributed by atoms with van der Waals surface area (Å²) in [6, 6.07) is 16.8. The van der Waals surface area contributed by atoms with Crippen molar-refractivity contribution >= 4 is 34.4 Å². The molecule has 2 aromatic heterocycles. The van der Waals surface area contributed by atoms with Crippen molar-refractivity contribution in [2.24, 2.45) is 0 Å². The highest BCUT2D eigenvalue weighted by molar-refractivity contribution is 6.32. The number of rotatable bonds is 8. The number of nitrogens with one attached hydrogen (secondary N) is 2. The third-order valence-corrected chi connectivity index (χ3v) is 6.22. The van der Waals surface area contributed by atoms with E-state index >= 15 is 0 Å². The number of amides is 1. The van der Waals surface area contributed by atoms with Crippen LogP contribution in [0.1, 0.15) is 15.9 Å². The molecule has 0 aliphatic rings. The molecule has 3 aromatic carbocycles. The first-order valence-electron chi connectivity index (χ1n) is 11.5. The molecule has 0 saturated heterocycles. The van der Waals surface area contributed by atoms with Gasteiger partial charge < -0.3 is 24.5 Å². The van der Waals surface area contributed by atoms with E-state index in [2.05, 4.69) is 20.4 Å². The van der Waals surface area contributed by atoms with Gasteiger partial charge in [0.25, 0.3) is 5.91 Å². The van der Waals surface area contributed by atoms with Crippen LogP contribution in [0.2, 0.25) is 5.02 Å². The number of hydrogen-bond donors (Lipinski definition) is 2. The van der Waals surface area contributed by atoms with Gasteiger partial charge in [0.2, 0.25) is 0 Å². The number of imidazole rings is 1. The number of methoxy groups -OCH3 is 3. The summed E-state index contributed by atoms with van der Waals surface area (Å²) < 4.78 is 31.9. The lowest BCUT2D eigenvalue weighted by Crippen LogP contribution is -2.13. The predicted octanol–water partition coefficient (Wildman–Crippen LogP) is 5.55. The highest BCUT2D eigenvalue weighted by atomic mass is 35.5. The quantitative estimate of drug-likeness (QED) is 0.270. The van der Waals surface area contributed by atoms with Crippen molar-refractivity contribution in [1.82, 2.24) is 19.7 Å². The van der Waals surface area contributed by atoms with Crippen molar-refractivity contribution in [3.8, 4) is 28.8 Å². The number of fused-ring (bicyclic) bond motifs is 1. The molecule has 0 aliphatic heterocycles. The molecule has 5 rings (SSSR count). The molecule has 2 N–H and O–H groups in total. The van der Waals surface area contributed by atoms with E-state index in [1.807, 2.05) is 24.3 Å². The lowest BCUT2D eigenvalue weighted by Gasteiger charge is -2.07. The van der Waals surface area contributed by atoms with Crippen LogP contribution in [0.25, 0.3) is 22.6 Å². The standard InChI is InChI=1S/C27H23ClFN5O4/c1-36-17-7-4-15(5-8-17)14-34-22(26-30-21-12-18(37-2)11-20(29)25(21)32-26)13-24(33-34)31-27(35)16-6-9-23(38-3)19(28)10-16/h4-13H,14H2,1-3H3,(H,30,32)(H,31,33,35). The largest absolute Gasteiger partial charge is 0.497 e. The first-order valence-corrected chi connectivity index (χ1v) is 11.9. The van der Waals surface area contributed by atoms with E-state index in [-0.39, 0.29) is 11.3 Å². The Balaban J connectivity index is 1.52. The SMILES string of the molecule is COc1ccc(Cn2nc(NC(=O)c3ccc(OC)c(Cl)c3)cc2-c2nc3cc(OC)cc(F)c3[nH]2)cc1. The van der Waals surface area contributed by atoms with Gasteiger partial charge >= 0.3 is 0 Å². The minimum absolute atomic E-state index is 0.233. The molecule has 5 aromatic rings. The number of nitrogens with zero attached hydrogens (tertiary/aromatic N) is 3. The summed E-state index contributed by atoms with van der Waals surface area (Å²) in [7, 11) is 4.56. The van der Waals surface area contributed by atoms with Crippen molar-refractivity contribution in [2.45, 2.75) is 6.54 Å². The molecule has 38 heavy (non-hydrogen) atoms. The zero-order chi connectivity index (χ0) is 26.8. The van der Waals surface area contributed by atoms with Crippen molar-refractivity contribution < 1.29 is 23.4 Å². The maximum atomic E-state index is 14.7. The zero-order valence-electron chi connectivity index (χ0n) is 20.7.